The molecule has 0 saturated heterocycles. The van der Waals surface area contributed by atoms with Gasteiger partial charge < -0.3 is 10.2 Å². The Balaban J connectivity index is 1.69. The summed E-state index contributed by atoms with van der Waals surface area (Å²) in [4.78, 5) is 12.4. The van der Waals surface area contributed by atoms with Crippen molar-refractivity contribution >= 4 is 5.78 Å². The third-order valence-electron chi connectivity index (χ3n) is 8.28. The Hall–Kier alpha value is -0.410. The highest BCUT2D eigenvalue weighted by atomic mass is 16.3. The summed E-state index contributed by atoms with van der Waals surface area (Å²) in [6.45, 7) is 4.48. The molecule has 0 aromatic carbocycles. The van der Waals surface area contributed by atoms with Crippen molar-refractivity contribution in [3.05, 3.63) is 0 Å². The summed E-state index contributed by atoms with van der Waals surface area (Å²) in [5, 5.41) is 21.0. The smallest absolute Gasteiger partial charge is 0.139 e. The summed E-state index contributed by atoms with van der Waals surface area (Å²) >= 11 is 0. The van der Waals surface area contributed by atoms with E-state index in [0.717, 1.165) is 38.5 Å². The molecule has 3 heteroatoms. The Morgan fingerprint density at radius 3 is 2.64 bits per heavy atom. The molecule has 124 valence electrons. The van der Waals surface area contributed by atoms with Crippen LogP contribution in [-0.4, -0.2) is 28.2 Å². The summed E-state index contributed by atoms with van der Waals surface area (Å²) in [5.41, 5.74) is -0.105. The molecule has 4 fully saturated rings. The molecular weight excluding hydrogens is 276 g/mol. The van der Waals surface area contributed by atoms with Crippen LogP contribution >= 0.6 is 0 Å². The quantitative estimate of drug-likeness (QED) is 0.723. The topological polar surface area (TPSA) is 57.5 Å². The molecule has 4 saturated carbocycles. The molecule has 8 atom stereocenters. The van der Waals surface area contributed by atoms with E-state index in [4.69, 9.17) is 0 Å². The average molecular weight is 306 g/mol. The van der Waals surface area contributed by atoms with E-state index in [2.05, 4.69) is 13.8 Å². The zero-order valence-corrected chi connectivity index (χ0v) is 13.9. The molecule has 0 heterocycles. The van der Waals surface area contributed by atoms with Crippen molar-refractivity contribution in [1.82, 2.24) is 0 Å². The maximum Gasteiger partial charge on any atom is 0.139 e. The molecule has 0 aromatic rings. The lowest BCUT2D eigenvalue weighted by Gasteiger charge is -2.61. The van der Waals surface area contributed by atoms with Gasteiger partial charge in [0.15, 0.2) is 0 Å². The minimum Gasteiger partial charge on any atom is -0.393 e. The van der Waals surface area contributed by atoms with Crippen molar-refractivity contribution in [1.29, 1.82) is 0 Å². The maximum absolute atomic E-state index is 12.4. The lowest BCUT2D eigenvalue weighted by molar-refractivity contribution is -0.175. The van der Waals surface area contributed by atoms with Crippen LogP contribution in [0.4, 0.5) is 0 Å². The van der Waals surface area contributed by atoms with Crippen LogP contribution in [0.5, 0.6) is 0 Å². The third-order valence-corrected chi connectivity index (χ3v) is 8.28. The van der Waals surface area contributed by atoms with Crippen LogP contribution in [0.25, 0.3) is 0 Å². The zero-order valence-electron chi connectivity index (χ0n) is 13.9. The number of hydrogen-bond donors (Lipinski definition) is 2. The van der Waals surface area contributed by atoms with Crippen LogP contribution in [0.1, 0.15) is 65.2 Å². The van der Waals surface area contributed by atoms with Gasteiger partial charge >= 0.3 is 0 Å². The Bertz CT molecular complexity index is 489. The monoisotopic (exact) mass is 306 g/mol. The van der Waals surface area contributed by atoms with E-state index in [0.29, 0.717) is 35.9 Å². The molecular formula is C19H30O3. The highest BCUT2D eigenvalue weighted by molar-refractivity contribution is 5.87. The summed E-state index contributed by atoms with van der Waals surface area (Å²) in [6.07, 6.45) is 7.08. The third kappa shape index (κ3) is 1.84. The van der Waals surface area contributed by atoms with E-state index in [1.807, 2.05) is 0 Å². The number of hydrogen-bond acceptors (Lipinski definition) is 3. The molecule has 3 nitrogen and oxygen atoms in total. The first-order valence-electron chi connectivity index (χ1n) is 9.25. The van der Waals surface area contributed by atoms with Gasteiger partial charge in [-0.25, -0.2) is 0 Å². The van der Waals surface area contributed by atoms with Crippen molar-refractivity contribution < 1.29 is 15.0 Å². The fourth-order valence-corrected chi connectivity index (χ4v) is 7.13. The Morgan fingerprint density at radius 2 is 1.86 bits per heavy atom. The molecule has 2 unspecified atom stereocenters. The van der Waals surface area contributed by atoms with Gasteiger partial charge in [-0.15, -0.1) is 0 Å². The minimum atomic E-state index is -0.337. The number of fused-ring (bicyclic) bond motifs is 5. The molecule has 4 rings (SSSR count). The lowest BCUT2D eigenvalue weighted by Crippen LogP contribution is -2.59. The highest BCUT2D eigenvalue weighted by Crippen LogP contribution is 2.65. The van der Waals surface area contributed by atoms with Crippen molar-refractivity contribution in [2.75, 3.05) is 0 Å². The second kappa shape index (κ2) is 4.80. The zero-order chi connectivity index (χ0) is 15.7. The Labute approximate surface area is 133 Å². The van der Waals surface area contributed by atoms with Gasteiger partial charge in [-0.3, -0.25) is 4.79 Å². The number of rotatable bonds is 0. The second-order valence-corrected chi connectivity index (χ2v) is 9.16. The summed E-state index contributed by atoms with van der Waals surface area (Å²) in [6, 6.07) is 0. The van der Waals surface area contributed by atoms with E-state index in [1.165, 1.54) is 6.42 Å². The second-order valence-electron chi connectivity index (χ2n) is 9.16. The number of ketones is 1. The SMILES string of the molecule is C[C@]12CC[C@@H](O)CC1CC[C@@H]1[C@@H]2C(O)C[C@]2(C)C(=O)CC[C@@H]12. The first-order valence-corrected chi connectivity index (χ1v) is 9.25. The van der Waals surface area contributed by atoms with Gasteiger partial charge in [-0.2, -0.15) is 0 Å². The summed E-state index contributed by atoms with van der Waals surface area (Å²) in [7, 11) is 0. The molecule has 0 bridgehead atoms. The summed E-state index contributed by atoms with van der Waals surface area (Å²) in [5.74, 6) is 2.27. The van der Waals surface area contributed by atoms with E-state index in [1.54, 1.807) is 0 Å². The molecule has 4 aliphatic rings. The number of aliphatic hydroxyl groups is 2. The van der Waals surface area contributed by atoms with Crippen LogP contribution in [0, 0.1) is 34.5 Å². The number of carbonyl (C=O) groups is 1. The van der Waals surface area contributed by atoms with Crippen molar-refractivity contribution in [3.63, 3.8) is 0 Å². The van der Waals surface area contributed by atoms with Crippen molar-refractivity contribution in [3.8, 4) is 0 Å². The minimum absolute atomic E-state index is 0.145. The predicted octanol–water partition coefficient (Wildman–Crippen LogP) is 2.93. The number of Topliss-reactive ketones (excluding diaryl/α,β-unsaturated/α-hetero) is 1. The van der Waals surface area contributed by atoms with Crippen molar-refractivity contribution in [2.45, 2.75) is 77.4 Å². The molecule has 22 heavy (non-hydrogen) atoms. The number of carbonyl (C=O) groups excluding carboxylic acids is 1. The molecule has 0 spiro atoms. The van der Waals surface area contributed by atoms with E-state index >= 15 is 0 Å². The molecule has 4 aliphatic carbocycles. The molecule has 0 aliphatic heterocycles. The fraction of sp³-hybridized carbons (Fsp3) is 0.947. The molecule has 0 aromatic heterocycles. The first-order chi connectivity index (χ1) is 10.4. The van der Waals surface area contributed by atoms with Gasteiger partial charge in [0.1, 0.15) is 5.78 Å². The predicted molar refractivity (Wildman–Crippen MR) is 84.1 cm³/mol. The molecule has 2 N–H and O–H groups in total. The fourth-order valence-electron chi connectivity index (χ4n) is 7.13. The van der Waals surface area contributed by atoms with Crippen LogP contribution in [-0.2, 0) is 4.79 Å². The van der Waals surface area contributed by atoms with Gasteiger partial charge in [-0.1, -0.05) is 13.8 Å². The Morgan fingerprint density at radius 1 is 1.09 bits per heavy atom. The highest BCUT2D eigenvalue weighted by Gasteiger charge is 2.63. The average Bonchev–Trinajstić information content (AvgIpc) is 2.75. The standard InChI is InChI=1S/C19H30O3/c1-18-8-7-12(20)9-11(18)3-4-13-14-5-6-16(22)19(14,2)10-15(21)17(13)18/h11-15,17,20-21H,3-10H2,1-2H3/t11?,12-,13+,14+,15?,17-,18+,19+/m1/s1. The van der Waals surface area contributed by atoms with Crippen LogP contribution in [0.3, 0.4) is 0 Å². The normalized spacial score (nSPS) is 57.9. The van der Waals surface area contributed by atoms with Gasteiger partial charge in [0.2, 0.25) is 0 Å². The van der Waals surface area contributed by atoms with Gasteiger partial charge in [0.05, 0.1) is 12.2 Å². The molecule has 0 amide bonds. The Kier molecular flexibility index (Phi) is 3.30. The number of aliphatic hydroxyl groups excluding tert-OH is 2. The van der Waals surface area contributed by atoms with Crippen LogP contribution in [0.15, 0.2) is 0 Å². The van der Waals surface area contributed by atoms with E-state index < -0.39 is 0 Å². The van der Waals surface area contributed by atoms with Crippen LogP contribution in [0.2, 0.25) is 0 Å². The van der Waals surface area contributed by atoms with E-state index in [9.17, 15) is 15.0 Å². The first kappa shape index (κ1) is 15.1. The van der Waals surface area contributed by atoms with Gasteiger partial charge in [0, 0.05) is 11.8 Å². The molecule has 0 radical (unpaired) electrons. The van der Waals surface area contributed by atoms with Crippen molar-refractivity contribution in [2.24, 2.45) is 34.5 Å². The van der Waals surface area contributed by atoms with Crippen LogP contribution < -0.4 is 0 Å². The maximum atomic E-state index is 12.4. The van der Waals surface area contributed by atoms with E-state index in [-0.39, 0.29) is 23.0 Å². The summed E-state index contributed by atoms with van der Waals surface area (Å²) < 4.78 is 0. The lowest BCUT2D eigenvalue weighted by atomic mass is 9.44. The van der Waals surface area contributed by atoms with Gasteiger partial charge in [-0.05, 0) is 74.0 Å². The van der Waals surface area contributed by atoms with Gasteiger partial charge in [0.25, 0.3) is 0 Å². The largest absolute Gasteiger partial charge is 0.393 e.